The zero-order valence-corrected chi connectivity index (χ0v) is 11.3. The molecule has 0 amide bonds. The number of carbonyl (C=O) groups excluding carboxylic acids is 1. The second kappa shape index (κ2) is 5.47. The Hall–Kier alpha value is -2.77. The van der Waals surface area contributed by atoms with E-state index in [1.54, 1.807) is 0 Å². The van der Waals surface area contributed by atoms with Crippen LogP contribution in [0.4, 0.5) is 5.95 Å². The molecular weight excluding hydrogens is 264 g/mol. The number of anilines is 1. The average molecular weight is 278 g/mol. The van der Waals surface area contributed by atoms with Gasteiger partial charge in [-0.25, -0.2) is 0 Å². The number of benzene rings is 1. The standard InChI is InChI=1S/C12H14N4O4/c1-18-8-4-7(5-9(19-2)10(8)20-3)11(17)16-12(13)14-6-15-16/h4-6H,1-3H3,(H2,13,14,15). The molecule has 1 heterocycles. The first-order valence-electron chi connectivity index (χ1n) is 5.62. The Morgan fingerprint density at radius 2 is 1.75 bits per heavy atom. The van der Waals surface area contributed by atoms with E-state index in [4.69, 9.17) is 19.9 Å². The quantitative estimate of drug-likeness (QED) is 0.872. The fraction of sp³-hybridized carbons (Fsp3) is 0.250. The number of nitrogens with two attached hydrogens (primary N) is 1. The van der Waals surface area contributed by atoms with Gasteiger partial charge in [0.15, 0.2) is 11.5 Å². The maximum atomic E-state index is 12.3. The lowest BCUT2D eigenvalue weighted by atomic mass is 10.1. The van der Waals surface area contributed by atoms with E-state index in [1.807, 2.05) is 0 Å². The highest BCUT2D eigenvalue weighted by Crippen LogP contribution is 2.38. The monoisotopic (exact) mass is 278 g/mol. The molecule has 0 radical (unpaired) electrons. The summed E-state index contributed by atoms with van der Waals surface area (Å²) >= 11 is 0. The predicted molar refractivity (Wildman–Crippen MR) is 70.3 cm³/mol. The molecule has 8 heteroatoms. The Labute approximate surface area is 115 Å². The summed E-state index contributed by atoms with van der Waals surface area (Å²) in [4.78, 5) is 16.0. The summed E-state index contributed by atoms with van der Waals surface area (Å²) in [6.45, 7) is 0. The van der Waals surface area contributed by atoms with Gasteiger partial charge in [0.2, 0.25) is 11.7 Å². The number of rotatable bonds is 4. The van der Waals surface area contributed by atoms with Gasteiger partial charge in [-0.1, -0.05) is 0 Å². The fourth-order valence-electron chi connectivity index (χ4n) is 1.73. The summed E-state index contributed by atoms with van der Waals surface area (Å²) in [5.74, 6) is 0.698. The van der Waals surface area contributed by atoms with E-state index in [0.29, 0.717) is 17.2 Å². The molecule has 1 aromatic carbocycles. The molecule has 2 N–H and O–H groups in total. The van der Waals surface area contributed by atoms with Gasteiger partial charge in [0.05, 0.1) is 21.3 Å². The molecule has 0 unspecified atom stereocenters. The number of nitrogens with zero attached hydrogens (tertiary/aromatic N) is 3. The predicted octanol–water partition coefficient (Wildman–Crippen LogP) is 0.575. The third kappa shape index (κ3) is 2.22. The van der Waals surface area contributed by atoms with E-state index in [2.05, 4.69) is 10.1 Å². The number of ether oxygens (including phenoxy) is 3. The van der Waals surface area contributed by atoms with Crippen LogP contribution in [0.5, 0.6) is 17.2 Å². The van der Waals surface area contributed by atoms with Gasteiger partial charge >= 0.3 is 0 Å². The first kappa shape index (κ1) is 13.7. The molecule has 0 atom stereocenters. The molecule has 0 aliphatic carbocycles. The minimum absolute atomic E-state index is 0.00347. The number of aromatic nitrogens is 3. The molecule has 0 saturated heterocycles. The second-order valence-electron chi connectivity index (χ2n) is 3.75. The molecule has 0 saturated carbocycles. The summed E-state index contributed by atoms with van der Waals surface area (Å²) in [6.07, 6.45) is 1.20. The van der Waals surface area contributed by atoms with E-state index in [-0.39, 0.29) is 11.5 Å². The van der Waals surface area contributed by atoms with Crippen molar-refractivity contribution in [3.63, 3.8) is 0 Å². The fourth-order valence-corrected chi connectivity index (χ4v) is 1.73. The van der Waals surface area contributed by atoms with Crippen molar-refractivity contribution < 1.29 is 19.0 Å². The lowest BCUT2D eigenvalue weighted by Gasteiger charge is -2.13. The van der Waals surface area contributed by atoms with Crippen LogP contribution >= 0.6 is 0 Å². The summed E-state index contributed by atoms with van der Waals surface area (Å²) < 4.78 is 16.5. The molecule has 2 rings (SSSR count). The molecular formula is C12H14N4O4. The molecule has 0 aliphatic heterocycles. The van der Waals surface area contributed by atoms with Crippen LogP contribution in [0.1, 0.15) is 10.4 Å². The van der Waals surface area contributed by atoms with Crippen LogP contribution < -0.4 is 19.9 Å². The van der Waals surface area contributed by atoms with Gasteiger partial charge in [-0.3, -0.25) is 4.79 Å². The highest BCUT2D eigenvalue weighted by Gasteiger charge is 2.19. The van der Waals surface area contributed by atoms with Crippen molar-refractivity contribution in [3.05, 3.63) is 24.0 Å². The Morgan fingerprint density at radius 1 is 1.15 bits per heavy atom. The van der Waals surface area contributed by atoms with Crippen LogP contribution in [0, 0.1) is 0 Å². The van der Waals surface area contributed by atoms with Crippen molar-refractivity contribution in [2.45, 2.75) is 0 Å². The molecule has 0 aliphatic rings. The van der Waals surface area contributed by atoms with Gasteiger partial charge < -0.3 is 19.9 Å². The normalized spacial score (nSPS) is 10.2. The summed E-state index contributed by atoms with van der Waals surface area (Å²) in [5, 5.41) is 3.76. The Balaban J connectivity index is 2.53. The van der Waals surface area contributed by atoms with Crippen molar-refractivity contribution in [2.75, 3.05) is 27.1 Å². The lowest BCUT2D eigenvalue weighted by molar-refractivity contribution is 0.0947. The summed E-state index contributed by atoms with van der Waals surface area (Å²) in [7, 11) is 4.42. The number of nitrogen functional groups attached to an aromatic ring is 1. The maximum Gasteiger partial charge on any atom is 0.281 e. The van der Waals surface area contributed by atoms with Gasteiger partial charge in [0.1, 0.15) is 6.33 Å². The molecule has 8 nitrogen and oxygen atoms in total. The van der Waals surface area contributed by atoms with Crippen LogP contribution in [0.25, 0.3) is 0 Å². The van der Waals surface area contributed by atoms with Crippen molar-refractivity contribution >= 4 is 11.9 Å². The van der Waals surface area contributed by atoms with Crippen molar-refractivity contribution in [2.24, 2.45) is 0 Å². The van der Waals surface area contributed by atoms with Crippen LogP contribution in [0.2, 0.25) is 0 Å². The minimum atomic E-state index is -0.445. The highest BCUT2D eigenvalue weighted by molar-refractivity contribution is 5.97. The first-order valence-corrected chi connectivity index (χ1v) is 5.62. The molecule has 20 heavy (non-hydrogen) atoms. The smallest absolute Gasteiger partial charge is 0.281 e. The van der Waals surface area contributed by atoms with Crippen LogP contribution in [0.3, 0.4) is 0 Å². The zero-order chi connectivity index (χ0) is 14.7. The van der Waals surface area contributed by atoms with Gasteiger partial charge in [0, 0.05) is 5.56 Å². The largest absolute Gasteiger partial charge is 0.493 e. The first-order chi connectivity index (χ1) is 9.62. The number of methoxy groups -OCH3 is 3. The van der Waals surface area contributed by atoms with Crippen molar-refractivity contribution in [3.8, 4) is 17.2 Å². The summed E-state index contributed by atoms with van der Waals surface area (Å²) in [5.41, 5.74) is 5.85. The molecule has 2 aromatic rings. The van der Waals surface area contributed by atoms with E-state index < -0.39 is 5.91 Å². The third-order valence-corrected chi connectivity index (χ3v) is 2.68. The summed E-state index contributed by atoms with van der Waals surface area (Å²) in [6, 6.07) is 3.04. The number of carbonyl (C=O) groups is 1. The van der Waals surface area contributed by atoms with Crippen molar-refractivity contribution in [1.82, 2.24) is 14.8 Å². The molecule has 0 spiro atoms. The van der Waals surface area contributed by atoms with Crippen molar-refractivity contribution in [1.29, 1.82) is 0 Å². The topological polar surface area (TPSA) is 101 Å². The Kier molecular flexibility index (Phi) is 3.74. The molecule has 1 aromatic heterocycles. The maximum absolute atomic E-state index is 12.3. The average Bonchev–Trinajstić information content (AvgIpc) is 2.90. The number of hydrogen-bond donors (Lipinski definition) is 1. The molecule has 0 fully saturated rings. The van der Waals surface area contributed by atoms with Crippen LogP contribution in [-0.2, 0) is 0 Å². The van der Waals surface area contributed by atoms with Gasteiger partial charge in [0.25, 0.3) is 5.91 Å². The zero-order valence-electron chi connectivity index (χ0n) is 11.3. The Morgan fingerprint density at radius 3 is 2.15 bits per heavy atom. The van der Waals surface area contributed by atoms with E-state index in [0.717, 1.165) is 4.68 Å². The Bertz CT molecular complexity index is 613. The SMILES string of the molecule is COc1cc(C(=O)n2ncnc2N)cc(OC)c1OC. The van der Waals surface area contributed by atoms with E-state index >= 15 is 0 Å². The van der Waals surface area contributed by atoms with Gasteiger partial charge in [-0.05, 0) is 12.1 Å². The highest BCUT2D eigenvalue weighted by atomic mass is 16.5. The minimum Gasteiger partial charge on any atom is -0.493 e. The lowest BCUT2D eigenvalue weighted by Crippen LogP contribution is -2.16. The van der Waals surface area contributed by atoms with Crippen LogP contribution in [0.15, 0.2) is 18.5 Å². The second-order valence-corrected chi connectivity index (χ2v) is 3.75. The molecule has 106 valence electrons. The van der Waals surface area contributed by atoms with E-state index in [9.17, 15) is 4.79 Å². The van der Waals surface area contributed by atoms with Gasteiger partial charge in [-0.2, -0.15) is 14.8 Å². The molecule has 0 bridgehead atoms. The number of hydrogen-bond acceptors (Lipinski definition) is 7. The van der Waals surface area contributed by atoms with Crippen LogP contribution in [-0.4, -0.2) is 42.0 Å². The van der Waals surface area contributed by atoms with E-state index in [1.165, 1.54) is 39.8 Å². The van der Waals surface area contributed by atoms with Gasteiger partial charge in [-0.15, -0.1) is 0 Å². The third-order valence-electron chi connectivity index (χ3n) is 2.68.